The van der Waals surface area contributed by atoms with Gasteiger partial charge in [0.05, 0.1) is 11.8 Å². The van der Waals surface area contributed by atoms with Gasteiger partial charge >= 0.3 is 0 Å². The number of aromatic hydroxyl groups is 8. The number of hydrogen-bond donors (Lipinski definition) is 8. The van der Waals surface area contributed by atoms with Gasteiger partial charge in [0, 0.05) is 52.4 Å². The summed E-state index contributed by atoms with van der Waals surface area (Å²) in [5.74, 6) is -1.76. The molecule has 0 radical (unpaired) electrons. The number of hydrogen-bond acceptors (Lipinski definition) is 10. The van der Waals surface area contributed by atoms with Gasteiger partial charge in [0.25, 0.3) is 0 Å². The molecule has 2 aliphatic heterocycles. The van der Waals surface area contributed by atoms with Crippen LogP contribution in [0.5, 0.6) is 57.5 Å². The number of phenolic OH excluding ortho intramolecular Hbond substituents is 8. The molecule has 9 rings (SSSR count). The Bertz CT molecular complexity index is 2380. The summed E-state index contributed by atoms with van der Waals surface area (Å²) in [4.78, 5) is 0. The molecule has 0 bridgehead atoms. The molecule has 2 heterocycles. The molecule has 8 N–H and O–H groups in total. The number of benzene rings is 6. The smallest absolute Gasteiger partial charge is 0.135 e. The predicted octanol–water partition coefficient (Wildman–Crippen LogP) is 7.55. The molecule has 5 atom stereocenters. The second-order valence-electron chi connectivity index (χ2n) is 13.6. The van der Waals surface area contributed by atoms with E-state index in [9.17, 15) is 40.9 Å². The first-order valence-corrected chi connectivity index (χ1v) is 16.8. The lowest BCUT2D eigenvalue weighted by atomic mass is 9.77. The van der Waals surface area contributed by atoms with E-state index in [1.165, 1.54) is 24.3 Å². The molecule has 6 aromatic rings. The Labute approximate surface area is 296 Å². The van der Waals surface area contributed by atoms with Crippen LogP contribution < -0.4 is 9.47 Å². The topological polar surface area (TPSA) is 180 Å². The molecule has 0 saturated carbocycles. The summed E-state index contributed by atoms with van der Waals surface area (Å²) < 4.78 is 13.5. The third-order valence-electron chi connectivity index (χ3n) is 10.6. The Balaban J connectivity index is 1.36. The van der Waals surface area contributed by atoms with E-state index in [2.05, 4.69) is 0 Å². The SMILES string of the molecule is Oc1ccc(C2Oc3cc4c5c(c3C2c2cc(O)cc(O)c2)C[C@@H](c2ccc(O)cc2O)c2c(O)cc(O)cc2[C@@H]5[C@@H](c2ccc(O)cc2)O4)cc1. The van der Waals surface area contributed by atoms with E-state index in [0.717, 1.165) is 27.8 Å². The van der Waals surface area contributed by atoms with Gasteiger partial charge in [-0.2, -0.15) is 0 Å². The molecule has 10 heteroatoms. The lowest BCUT2D eigenvalue weighted by molar-refractivity contribution is 0.212. The first-order valence-electron chi connectivity index (χ1n) is 16.8. The van der Waals surface area contributed by atoms with Gasteiger partial charge in [-0.1, -0.05) is 30.3 Å². The summed E-state index contributed by atoms with van der Waals surface area (Å²) in [5.41, 5.74) is 5.73. The number of ether oxygens (including phenoxy) is 2. The van der Waals surface area contributed by atoms with Gasteiger partial charge in [-0.05, 0) is 82.8 Å². The fourth-order valence-corrected chi connectivity index (χ4v) is 8.51. The van der Waals surface area contributed by atoms with Gasteiger partial charge in [0.1, 0.15) is 69.7 Å². The molecule has 0 fully saturated rings. The van der Waals surface area contributed by atoms with Crippen LogP contribution in [0.15, 0.2) is 103 Å². The minimum atomic E-state index is -0.705. The monoisotopic (exact) mass is 696 g/mol. The number of phenols is 8. The van der Waals surface area contributed by atoms with Gasteiger partial charge in [-0.3, -0.25) is 0 Å². The average Bonchev–Trinajstić information content (AvgIpc) is 3.62. The predicted molar refractivity (Wildman–Crippen MR) is 188 cm³/mol. The molecule has 0 aromatic heterocycles. The maximum Gasteiger partial charge on any atom is 0.135 e. The molecule has 3 aliphatic rings. The molecule has 2 unspecified atom stereocenters. The van der Waals surface area contributed by atoms with E-state index in [-0.39, 0.29) is 52.4 Å². The highest BCUT2D eigenvalue weighted by Crippen LogP contribution is 2.63. The molecule has 0 saturated heterocycles. The van der Waals surface area contributed by atoms with Crippen LogP contribution >= 0.6 is 0 Å². The molecule has 0 spiro atoms. The van der Waals surface area contributed by atoms with E-state index >= 15 is 0 Å². The Kier molecular flexibility index (Phi) is 6.88. The Hall–Kier alpha value is -6.68. The maximum atomic E-state index is 11.7. The van der Waals surface area contributed by atoms with Crippen LogP contribution in [0.4, 0.5) is 0 Å². The van der Waals surface area contributed by atoms with Crippen LogP contribution in [-0.4, -0.2) is 40.9 Å². The molecule has 260 valence electrons. The lowest BCUT2D eigenvalue weighted by Crippen LogP contribution is -2.14. The average molecular weight is 697 g/mol. The summed E-state index contributed by atoms with van der Waals surface area (Å²) in [6, 6.07) is 26.6. The van der Waals surface area contributed by atoms with E-state index in [4.69, 9.17) is 9.47 Å². The molecule has 1 aliphatic carbocycles. The van der Waals surface area contributed by atoms with Crippen molar-refractivity contribution >= 4 is 0 Å². The Morgan fingerprint density at radius 1 is 0.404 bits per heavy atom. The van der Waals surface area contributed by atoms with Crippen molar-refractivity contribution in [3.63, 3.8) is 0 Å². The highest BCUT2D eigenvalue weighted by atomic mass is 16.5. The zero-order chi connectivity index (χ0) is 36.0. The van der Waals surface area contributed by atoms with E-state index in [1.54, 1.807) is 72.8 Å². The fraction of sp³-hybridized carbons (Fsp3) is 0.143. The molecular formula is C42H32O10. The van der Waals surface area contributed by atoms with Crippen LogP contribution in [0.2, 0.25) is 0 Å². The second-order valence-corrected chi connectivity index (χ2v) is 13.6. The zero-order valence-corrected chi connectivity index (χ0v) is 27.3. The van der Waals surface area contributed by atoms with Crippen molar-refractivity contribution in [2.75, 3.05) is 0 Å². The van der Waals surface area contributed by atoms with Gasteiger partial charge in [-0.25, -0.2) is 0 Å². The molecular weight excluding hydrogens is 664 g/mol. The fourth-order valence-electron chi connectivity index (χ4n) is 8.51. The molecule has 10 nitrogen and oxygen atoms in total. The van der Waals surface area contributed by atoms with Crippen molar-refractivity contribution in [3.05, 3.63) is 153 Å². The summed E-state index contributed by atoms with van der Waals surface area (Å²) in [5, 5.41) is 85.8. The highest BCUT2D eigenvalue weighted by molar-refractivity contribution is 5.69. The highest BCUT2D eigenvalue weighted by Gasteiger charge is 2.49. The first-order chi connectivity index (χ1) is 25.0. The standard InChI is InChI=1S/C42H32O10/c43-22-5-1-19(2-6-22)41-36(21-11-25(46)13-26(47)12-21)38-31-17-29(28-10-9-24(45)15-32(28)49)37-30(14-27(48)16-33(37)50)40-39(31)35(18-34(38)51-41)52-42(40)20-3-7-23(44)8-4-20/h1-16,18,29,36,40-50H,17H2/t29-,36?,40-,41?,42+/m0/s1. The normalized spacial score (nSPS) is 21.0. The van der Waals surface area contributed by atoms with Crippen molar-refractivity contribution in [2.24, 2.45) is 0 Å². The summed E-state index contributed by atoms with van der Waals surface area (Å²) in [6.45, 7) is 0. The number of fused-ring (bicyclic) bond motifs is 4. The molecule has 0 amide bonds. The minimum absolute atomic E-state index is 0.0734. The van der Waals surface area contributed by atoms with Crippen molar-refractivity contribution < 1.29 is 50.3 Å². The van der Waals surface area contributed by atoms with Crippen LogP contribution in [-0.2, 0) is 6.42 Å². The quantitative estimate of drug-likeness (QED) is 0.0917. The van der Waals surface area contributed by atoms with E-state index < -0.39 is 30.0 Å². The van der Waals surface area contributed by atoms with Crippen LogP contribution in [0, 0.1) is 0 Å². The molecule has 52 heavy (non-hydrogen) atoms. The maximum absolute atomic E-state index is 11.7. The second kappa shape index (κ2) is 11.4. The van der Waals surface area contributed by atoms with Crippen molar-refractivity contribution in [1.82, 2.24) is 0 Å². The Morgan fingerprint density at radius 3 is 1.52 bits per heavy atom. The third kappa shape index (κ3) is 4.86. The van der Waals surface area contributed by atoms with Gasteiger partial charge in [0.2, 0.25) is 0 Å². The van der Waals surface area contributed by atoms with E-state index in [1.807, 2.05) is 6.07 Å². The largest absolute Gasteiger partial charge is 0.508 e. The minimum Gasteiger partial charge on any atom is -0.508 e. The van der Waals surface area contributed by atoms with Crippen molar-refractivity contribution in [1.29, 1.82) is 0 Å². The lowest BCUT2D eigenvalue weighted by Gasteiger charge is -2.25. The summed E-state index contributed by atoms with van der Waals surface area (Å²) in [7, 11) is 0. The van der Waals surface area contributed by atoms with Gasteiger partial charge < -0.3 is 50.3 Å². The van der Waals surface area contributed by atoms with Crippen LogP contribution in [0.1, 0.15) is 80.0 Å². The zero-order valence-electron chi connectivity index (χ0n) is 27.3. The van der Waals surface area contributed by atoms with Gasteiger partial charge in [-0.15, -0.1) is 0 Å². The van der Waals surface area contributed by atoms with Crippen LogP contribution in [0.25, 0.3) is 0 Å². The number of rotatable bonds is 4. The van der Waals surface area contributed by atoms with Crippen molar-refractivity contribution in [3.8, 4) is 57.5 Å². The Morgan fingerprint density at radius 2 is 0.923 bits per heavy atom. The summed E-state index contributed by atoms with van der Waals surface area (Å²) >= 11 is 0. The first kappa shape index (κ1) is 31.3. The van der Waals surface area contributed by atoms with Crippen LogP contribution in [0.3, 0.4) is 0 Å². The van der Waals surface area contributed by atoms with E-state index in [0.29, 0.717) is 33.8 Å². The van der Waals surface area contributed by atoms with Gasteiger partial charge in [0.15, 0.2) is 0 Å². The van der Waals surface area contributed by atoms with Crippen molar-refractivity contribution in [2.45, 2.75) is 36.4 Å². The third-order valence-corrected chi connectivity index (χ3v) is 10.6. The molecule has 6 aromatic carbocycles. The summed E-state index contributed by atoms with van der Waals surface area (Å²) in [6.07, 6.45) is -1.16.